The number of halogens is 1. The Hall–Kier alpha value is -3.06. The molecule has 1 N–H and O–H groups in total. The molecule has 1 atom stereocenters. The zero-order valence-electron chi connectivity index (χ0n) is 19.6. The molecule has 34 heavy (non-hydrogen) atoms. The van der Waals surface area contributed by atoms with Crippen molar-refractivity contribution in [1.29, 1.82) is 0 Å². The predicted octanol–water partition coefficient (Wildman–Crippen LogP) is 6.92. The Morgan fingerprint density at radius 1 is 1.03 bits per heavy atom. The van der Waals surface area contributed by atoms with E-state index in [9.17, 15) is 0 Å². The number of nitrogens with zero attached hydrogens (tertiary/aromatic N) is 2. The number of rotatable bonds is 8. The number of aromatic nitrogens is 2. The Balaban J connectivity index is 1.25. The summed E-state index contributed by atoms with van der Waals surface area (Å²) in [5, 5.41) is 5.73. The smallest absolute Gasteiger partial charge is 0.113 e. The average Bonchev–Trinajstić information content (AvgIpc) is 3.64. The predicted molar refractivity (Wildman–Crippen MR) is 142 cm³/mol. The molecule has 1 fully saturated rings. The Morgan fingerprint density at radius 2 is 1.85 bits per heavy atom. The van der Waals surface area contributed by atoms with Crippen molar-refractivity contribution in [3.63, 3.8) is 0 Å². The molecule has 0 spiro atoms. The summed E-state index contributed by atoms with van der Waals surface area (Å²) in [5.74, 6) is 7.36. The molecule has 0 saturated heterocycles. The van der Waals surface area contributed by atoms with E-state index >= 15 is 0 Å². The normalized spacial score (nSPS) is 14.1. The number of benzene rings is 2. The zero-order valence-corrected chi connectivity index (χ0v) is 20.4. The maximum atomic E-state index is 5.98. The highest BCUT2D eigenvalue weighted by Crippen LogP contribution is 2.34. The SMILES string of the molecule is CCCNC(CCn1ccc2cc(C#Cc3ccc(-c4ccc(Cl)cc4)cn3)ccc21)C1CC1. The third kappa shape index (κ3) is 5.53. The van der Waals surface area contributed by atoms with Crippen molar-refractivity contribution in [1.82, 2.24) is 14.9 Å². The zero-order chi connectivity index (χ0) is 23.3. The Morgan fingerprint density at radius 3 is 2.59 bits per heavy atom. The molecule has 4 heteroatoms. The maximum absolute atomic E-state index is 5.98. The van der Waals surface area contributed by atoms with E-state index in [0.29, 0.717) is 6.04 Å². The molecule has 4 aromatic rings. The van der Waals surface area contributed by atoms with Gasteiger partial charge < -0.3 is 9.88 Å². The summed E-state index contributed by atoms with van der Waals surface area (Å²) in [6.45, 7) is 4.41. The van der Waals surface area contributed by atoms with Gasteiger partial charge in [0, 0.05) is 52.0 Å². The molecule has 1 saturated carbocycles. The van der Waals surface area contributed by atoms with Crippen molar-refractivity contribution in [2.24, 2.45) is 5.92 Å². The number of nitrogens with one attached hydrogen (secondary N) is 1. The van der Waals surface area contributed by atoms with Crippen LogP contribution in [0.2, 0.25) is 5.02 Å². The van der Waals surface area contributed by atoms with E-state index < -0.39 is 0 Å². The monoisotopic (exact) mass is 467 g/mol. The maximum Gasteiger partial charge on any atom is 0.113 e. The topological polar surface area (TPSA) is 29.9 Å². The van der Waals surface area contributed by atoms with Crippen LogP contribution in [0.15, 0.2) is 73.1 Å². The van der Waals surface area contributed by atoms with Crippen LogP contribution in [-0.2, 0) is 6.54 Å². The van der Waals surface area contributed by atoms with Gasteiger partial charge in [-0.05, 0) is 92.1 Å². The van der Waals surface area contributed by atoms with E-state index in [1.165, 1.54) is 36.6 Å². The molecule has 1 unspecified atom stereocenters. The second-order valence-corrected chi connectivity index (χ2v) is 9.59. The summed E-state index contributed by atoms with van der Waals surface area (Å²) in [6.07, 6.45) is 9.22. The van der Waals surface area contributed by atoms with Gasteiger partial charge in [-0.3, -0.25) is 0 Å². The first-order chi connectivity index (χ1) is 16.7. The van der Waals surface area contributed by atoms with Gasteiger partial charge in [0.1, 0.15) is 5.69 Å². The number of pyridine rings is 1. The third-order valence-corrected chi connectivity index (χ3v) is 6.83. The molecule has 0 amide bonds. The lowest BCUT2D eigenvalue weighted by atomic mass is 10.1. The van der Waals surface area contributed by atoms with Gasteiger partial charge in [0.05, 0.1) is 0 Å². The van der Waals surface area contributed by atoms with Crippen LogP contribution in [0.5, 0.6) is 0 Å². The summed E-state index contributed by atoms with van der Waals surface area (Å²) < 4.78 is 2.38. The van der Waals surface area contributed by atoms with Crippen LogP contribution in [0, 0.1) is 17.8 Å². The molecule has 5 rings (SSSR count). The molecule has 2 aromatic heterocycles. The number of aryl methyl sites for hydroxylation is 1. The minimum Gasteiger partial charge on any atom is -0.347 e. The highest BCUT2D eigenvalue weighted by atomic mass is 35.5. The van der Waals surface area contributed by atoms with Crippen LogP contribution in [0.4, 0.5) is 0 Å². The molecular weight excluding hydrogens is 438 g/mol. The van der Waals surface area contributed by atoms with E-state index in [1.807, 2.05) is 42.6 Å². The molecule has 0 aliphatic heterocycles. The quantitative estimate of drug-likeness (QED) is 0.285. The first-order valence-electron chi connectivity index (χ1n) is 12.3. The molecular formula is C30H30ClN3. The first-order valence-corrected chi connectivity index (χ1v) is 12.6. The van der Waals surface area contributed by atoms with E-state index in [4.69, 9.17) is 11.6 Å². The number of fused-ring (bicyclic) bond motifs is 1. The van der Waals surface area contributed by atoms with Crippen LogP contribution in [0.3, 0.4) is 0 Å². The summed E-state index contributed by atoms with van der Waals surface area (Å²) in [4.78, 5) is 4.52. The standard InChI is InChI=1S/C30H30ClN3/c1-2-17-32-29(24-5-6-24)16-19-34-18-15-25-20-22(4-14-30(25)34)3-12-28-13-9-26(21-33-28)23-7-10-27(31)11-8-23/h4,7-11,13-15,18,20-21,24,29,32H,2,5-6,16-17,19H2,1H3. The Kier molecular flexibility index (Phi) is 7.00. The van der Waals surface area contributed by atoms with Crippen LogP contribution < -0.4 is 5.32 Å². The van der Waals surface area contributed by atoms with Crippen molar-refractivity contribution in [3.05, 3.63) is 89.3 Å². The molecule has 0 bridgehead atoms. The van der Waals surface area contributed by atoms with Crippen molar-refractivity contribution in [2.45, 2.75) is 45.2 Å². The molecule has 0 radical (unpaired) electrons. The lowest BCUT2D eigenvalue weighted by molar-refractivity contribution is 0.413. The molecule has 172 valence electrons. The number of hydrogen-bond acceptors (Lipinski definition) is 2. The van der Waals surface area contributed by atoms with Gasteiger partial charge in [-0.1, -0.05) is 42.6 Å². The fraction of sp³-hybridized carbons (Fsp3) is 0.300. The van der Waals surface area contributed by atoms with E-state index in [1.54, 1.807) is 0 Å². The van der Waals surface area contributed by atoms with Gasteiger partial charge in [-0.25, -0.2) is 4.98 Å². The Labute approximate surface area is 207 Å². The second-order valence-electron chi connectivity index (χ2n) is 9.16. The van der Waals surface area contributed by atoms with Gasteiger partial charge in [0.25, 0.3) is 0 Å². The lowest BCUT2D eigenvalue weighted by Gasteiger charge is -2.18. The van der Waals surface area contributed by atoms with Gasteiger partial charge in [0.15, 0.2) is 0 Å². The second kappa shape index (κ2) is 10.5. The fourth-order valence-corrected chi connectivity index (χ4v) is 4.63. The molecule has 3 nitrogen and oxygen atoms in total. The first kappa shape index (κ1) is 22.7. The van der Waals surface area contributed by atoms with Crippen LogP contribution in [-0.4, -0.2) is 22.1 Å². The van der Waals surface area contributed by atoms with Crippen molar-refractivity contribution < 1.29 is 0 Å². The molecule has 1 aliphatic carbocycles. The van der Waals surface area contributed by atoms with Gasteiger partial charge >= 0.3 is 0 Å². The number of hydrogen-bond donors (Lipinski definition) is 1. The minimum atomic E-state index is 0.654. The van der Waals surface area contributed by atoms with Crippen molar-refractivity contribution >= 4 is 22.5 Å². The van der Waals surface area contributed by atoms with E-state index in [0.717, 1.165) is 46.4 Å². The van der Waals surface area contributed by atoms with Crippen molar-refractivity contribution in [3.8, 4) is 23.0 Å². The summed E-state index contributed by atoms with van der Waals surface area (Å²) >= 11 is 5.98. The summed E-state index contributed by atoms with van der Waals surface area (Å²) in [6, 6.07) is 21.1. The lowest BCUT2D eigenvalue weighted by Crippen LogP contribution is -2.32. The van der Waals surface area contributed by atoms with E-state index in [-0.39, 0.29) is 0 Å². The Bertz CT molecular complexity index is 1310. The minimum absolute atomic E-state index is 0.654. The van der Waals surface area contributed by atoms with Crippen LogP contribution >= 0.6 is 11.6 Å². The summed E-state index contributed by atoms with van der Waals surface area (Å²) in [7, 11) is 0. The van der Waals surface area contributed by atoms with E-state index in [2.05, 4.69) is 64.1 Å². The third-order valence-electron chi connectivity index (χ3n) is 6.58. The van der Waals surface area contributed by atoms with Crippen LogP contribution in [0.25, 0.3) is 22.0 Å². The summed E-state index contributed by atoms with van der Waals surface area (Å²) in [5.41, 5.74) is 5.20. The largest absolute Gasteiger partial charge is 0.347 e. The highest BCUT2D eigenvalue weighted by molar-refractivity contribution is 6.30. The van der Waals surface area contributed by atoms with Crippen LogP contribution in [0.1, 0.15) is 43.9 Å². The fourth-order valence-electron chi connectivity index (χ4n) is 4.50. The molecule has 2 heterocycles. The average molecular weight is 468 g/mol. The molecule has 2 aromatic carbocycles. The molecule has 1 aliphatic rings. The van der Waals surface area contributed by atoms with Crippen molar-refractivity contribution in [2.75, 3.05) is 6.54 Å². The highest BCUT2D eigenvalue weighted by Gasteiger charge is 2.30. The van der Waals surface area contributed by atoms with Gasteiger partial charge in [0.2, 0.25) is 0 Å². The van der Waals surface area contributed by atoms with Gasteiger partial charge in [-0.15, -0.1) is 0 Å². The van der Waals surface area contributed by atoms with Gasteiger partial charge in [-0.2, -0.15) is 0 Å².